The van der Waals surface area contributed by atoms with Crippen LogP contribution in [0.2, 0.25) is 0 Å². The van der Waals surface area contributed by atoms with Crippen LogP contribution in [0.3, 0.4) is 0 Å². The van der Waals surface area contributed by atoms with E-state index in [1.807, 2.05) is 48.5 Å². The van der Waals surface area contributed by atoms with E-state index in [4.69, 9.17) is 0 Å². The monoisotopic (exact) mass is 281 g/mol. The molecule has 0 amide bonds. The van der Waals surface area contributed by atoms with E-state index < -0.39 is 0 Å². The zero-order valence-electron chi connectivity index (χ0n) is 12.5. The summed E-state index contributed by atoms with van der Waals surface area (Å²) in [6.45, 7) is 3.05. The van der Waals surface area contributed by atoms with E-state index in [2.05, 4.69) is 34.9 Å². The molecule has 0 aliphatic heterocycles. The SMILES string of the molecule is CCCCCN=C(NNc1ccccc1)c1ccccc1. The Hall–Kier alpha value is -2.29. The fourth-order valence-corrected chi connectivity index (χ4v) is 2.00. The highest BCUT2D eigenvalue weighted by molar-refractivity contribution is 5.99. The number of rotatable bonds is 7. The van der Waals surface area contributed by atoms with Crippen LogP contribution in [0.25, 0.3) is 0 Å². The number of hydrogen-bond donors (Lipinski definition) is 2. The molecule has 0 saturated carbocycles. The van der Waals surface area contributed by atoms with Crippen molar-refractivity contribution in [3.05, 3.63) is 66.2 Å². The average Bonchev–Trinajstić information content (AvgIpc) is 2.56. The van der Waals surface area contributed by atoms with Crippen LogP contribution in [-0.4, -0.2) is 12.4 Å². The van der Waals surface area contributed by atoms with Gasteiger partial charge in [-0.3, -0.25) is 15.8 Å². The van der Waals surface area contributed by atoms with Gasteiger partial charge in [-0.2, -0.15) is 0 Å². The number of amidine groups is 1. The standard InChI is InChI=1S/C18H23N3/c1-2-3-10-15-19-18(16-11-6-4-7-12-16)21-20-17-13-8-5-9-14-17/h4-9,11-14,20H,2-3,10,15H2,1H3,(H,19,21). The van der Waals surface area contributed by atoms with Crippen LogP contribution < -0.4 is 10.9 Å². The van der Waals surface area contributed by atoms with Crippen molar-refractivity contribution in [2.45, 2.75) is 26.2 Å². The molecule has 2 aromatic carbocycles. The summed E-state index contributed by atoms with van der Waals surface area (Å²) in [7, 11) is 0. The summed E-state index contributed by atoms with van der Waals surface area (Å²) in [6.07, 6.45) is 3.56. The number of anilines is 1. The predicted octanol–water partition coefficient (Wildman–Crippen LogP) is 4.24. The highest BCUT2D eigenvalue weighted by atomic mass is 15.4. The second kappa shape index (κ2) is 8.80. The van der Waals surface area contributed by atoms with E-state index in [0.717, 1.165) is 30.1 Å². The second-order valence-corrected chi connectivity index (χ2v) is 4.92. The number of unbranched alkanes of at least 4 members (excludes halogenated alkanes) is 2. The number of nitrogens with zero attached hydrogens (tertiary/aromatic N) is 1. The molecule has 0 unspecified atom stereocenters. The molecule has 3 nitrogen and oxygen atoms in total. The molecule has 0 spiro atoms. The molecule has 0 saturated heterocycles. The summed E-state index contributed by atoms with van der Waals surface area (Å²) in [5.41, 5.74) is 8.55. The fourth-order valence-electron chi connectivity index (χ4n) is 2.00. The van der Waals surface area contributed by atoms with Crippen molar-refractivity contribution in [3.63, 3.8) is 0 Å². The van der Waals surface area contributed by atoms with E-state index in [1.54, 1.807) is 0 Å². The molecule has 0 fully saturated rings. The van der Waals surface area contributed by atoms with Crippen molar-refractivity contribution in [2.75, 3.05) is 12.0 Å². The Morgan fingerprint density at radius 2 is 1.57 bits per heavy atom. The Bertz CT molecular complexity index is 535. The highest BCUT2D eigenvalue weighted by Gasteiger charge is 2.01. The summed E-state index contributed by atoms with van der Waals surface area (Å²) in [6, 6.07) is 20.3. The molecule has 0 heterocycles. The lowest BCUT2D eigenvalue weighted by molar-refractivity contribution is 0.726. The van der Waals surface area contributed by atoms with Crippen LogP contribution in [0, 0.1) is 0 Å². The minimum absolute atomic E-state index is 0.849. The maximum Gasteiger partial charge on any atom is 0.147 e. The maximum atomic E-state index is 4.69. The van der Waals surface area contributed by atoms with Crippen LogP contribution in [0.4, 0.5) is 5.69 Å². The van der Waals surface area contributed by atoms with Crippen LogP contribution in [-0.2, 0) is 0 Å². The lowest BCUT2D eigenvalue weighted by Gasteiger charge is -2.12. The van der Waals surface area contributed by atoms with Crippen molar-refractivity contribution in [2.24, 2.45) is 4.99 Å². The van der Waals surface area contributed by atoms with Gasteiger partial charge in [-0.15, -0.1) is 0 Å². The highest BCUT2D eigenvalue weighted by Crippen LogP contribution is 2.05. The summed E-state index contributed by atoms with van der Waals surface area (Å²) in [5, 5.41) is 0. The molecule has 0 aliphatic carbocycles. The van der Waals surface area contributed by atoms with Gasteiger partial charge < -0.3 is 0 Å². The van der Waals surface area contributed by atoms with Crippen LogP contribution in [0.15, 0.2) is 65.7 Å². The Labute approximate surface area is 127 Å². The van der Waals surface area contributed by atoms with Gasteiger partial charge in [0.1, 0.15) is 5.84 Å². The summed E-state index contributed by atoms with van der Waals surface area (Å²) in [5.74, 6) is 0.885. The number of benzene rings is 2. The van der Waals surface area contributed by atoms with Crippen molar-refractivity contribution in [3.8, 4) is 0 Å². The minimum Gasteiger partial charge on any atom is -0.300 e. The quantitative estimate of drug-likeness (QED) is 0.345. The van der Waals surface area contributed by atoms with Gasteiger partial charge >= 0.3 is 0 Å². The molecule has 2 rings (SSSR count). The van der Waals surface area contributed by atoms with Gasteiger partial charge in [0.15, 0.2) is 0 Å². The normalized spacial score (nSPS) is 11.2. The summed E-state index contributed by atoms with van der Waals surface area (Å²) in [4.78, 5) is 4.69. The maximum absolute atomic E-state index is 4.69. The molecule has 0 aliphatic rings. The smallest absolute Gasteiger partial charge is 0.147 e. The molecule has 0 atom stereocenters. The van der Waals surface area contributed by atoms with E-state index in [9.17, 15) is 0 Å². The third-order valence-electron chi connectivity index (χ3n) is 3.18. The third-order valence-corrected chi connectivity index (χ3v) is 3.18. The van der Waals surface area contributed by atoms with Crippen LogP contribution in [0.5, 0.6) is 0 Å². The van der Waals surface area contributed by atoms with E-state index in [1.165, 1.54) is 12.8 Å². The first-order valence-electron chi connectivity index (χ1n) is 7.57. The molecule has 0 bridgehead atoms. The van der Waals surface area contributed by atoms with Gasteiger partial charge in [0.2, 0.25) is 0 Å². The molecular formula is C18H23N3. The first-order chi connectivity index (χ1) is 10.4. The van der Waals surface area contributed by atoms with Gasteiger partial charge in [-0.05, 0) is 18.6 Å². The largest absolute Gasteiger partial charge is 0.300 e. The lowest BCUT2D eigenvalue weighted by Crippen LogP contribution is -2.30. The number of aliphatic imine (C=N–C) groups is 1. The van der Waals surface area contributed by atoms with Crippen molar-refractivity contribution < 1.29 is 0 Å². The van der Waals surface area contributed by atoms with Crippen LogP contribution in [0.1, 0.15) is 31.7 Å². The van der Waals surface area contributed by atoms with Gasteiger partial charge in [0, 0.05) is 12.1 Å². The Morgan fingerprint density at radius 3 is 2.24 bits per heavy atom. The first kappa shape index (κ1) is 15.1. The van der Waals surface area contributed by atoms with E-state index in [0.29, 0.717) is 0 Å². The Morgan fingerprint density at radius 1 is 0.905 bits per heavy atom. The molecule has 2 N–H and O–H groups in total. The minimum atomic E-state index is 0.849. The number of hydrazine groups is 1. The summed E-state index contributed by atoms with van der Waals surface area (Å²) < 4.78 is 0. The molecule has 2 aromatic rings. The third kappa shape index (κ3) is 5.30. The van der Waals surface area contributed by atoms with Gasteiger partial charge in [0.05, 0.1) is 5.69 Å². The average molecular weight is 281 g/mol. The van der Waals surface area contributed by atoms with Gasteiger partial charge in [0.25, 0.3) is 0 Å². The first-order valence-corrected chi connectivity index (χ1v) is 7.57. The zero-order valence-corrected chi connectivity index (χ0v) is 12.5. The van der Waals surface area contributed by atoms with Gasteiger partial charge in [-0.25, -0.2) is 0 Å². The molecule has 21 heavy (non-hydrogen) atoms. The molecule has 0 radical (unpaired) electrons. The number of nitrogens with one attached hydrogen (secondary N) is 2. The Kier molecular flexibility index (Phi) is 6.33. The van der Waals surface area contributed by atoms with Crippen molar-refractivity contribution in [1.82, 2.24) is 5.43 Å². The number of hydrogen-bond acceptors (Lipinski definition) is 2. The van der Waals surface area contributed by atoms with Gasteiger partial charge in [-0.1, -0.05) is 68.3 Å². The van der Waals surface area contributed by atoms with E-state index >= 15 is 0 Å². The number of para-hydroxylation sites is 1. The van der Waals surface area contributed by atoms with Crippen molar-refractivity contribution >= 4 is 11.5 Å². The molecular weight excluding hydrogens is 258 g/mol. The molecule has 3 heteroatoms. The molecule has 110 valence electrons. The lowest BCUT2D eigenvalue weighted by atomic mass is 10.2. The van der Waals surface area contributed by atoms with Crippen LogP contribution >= 0.6 is 0 Å². The fraction of sp³-hybridized carbons (Fsp3) is 0.278. The molecule has 0 aromatic heterocycles. The topological polar surface area (TPSA) is 36.4 Å². The predicted molar refractivity (Wildman–Crippen MR) is 90.6 cm³/mol. The Balaban J connectivity index is 2.01. The second-order valence-electron chi connectivity index (χ2n) is 4.92. The van der Waals surface area contributed by atoms with Crippen molar-refractivity contribution in [1.29, 1.82) is 0 Å². The zero-order chi connectivity index (χ0) is 14.8. The van der Waals surface area contributed by atoms with E-state index in [-0.39, 0.29) is 0 Å². The summed E-state index contributed by atoms with van der Waals surface area (Å²) >= 11 is 0.